The van der Waals surface area contributed by atoms with Crippen molar-refractivity contribution in [2.45, 2.75) is 11.8 Å². The normalized spacial score (nSPS) is 20.9. The summed E-state index contributed by atoms with van der Waals surface area (Å²) in [5, 5.41) is 0.0604. The Morgan fingerprint density at radius 3 is 2.95 bits per heavy atom. The topological polar surface area (TPSA) is 48.0 Å². The van der Waals surface area contributed by atoms with Crippen LogP contribution < -0.4 is 9.47 Å². The van der Waals surface area contributed by atoms with Gasteiger partial charge in [-0.05, 0) is 24.1 Å². The molecule has 0 bridgehead atoms. The Balaban J connectivity index is 1.76. The van der Waals surface area contributed by atoms with Gasteiger partial charge < -0.3 is 19.1 Å². The molecule has 2 aliphatic rings. The molecule has 1 fully saturated rings. The predicted molar refractivity (Wildman–Crippen MR) is 80.8 cm³/mol. The number of thioether (sulfide) groups is 1. The molecule has 1 aromatic rings. The molecule has 0 aromatic heterocycles. The standard InChI is InChI=1S/C15H19NO4S/c1-18-6-2-5-16-14(17)10-21-15(16)11-3-4-12-13(9-11)20-8-7-19-12/h3-4,9,15H,2,5-8,10H2,1H3. The lowest BCUT2D eigenvalue weighted by atomic mass is 10.1. The number of nitrogens with zero attached hydrogens (tertiary/aromatic N) is 1. The van der Waals surface area contributed by atoms with Gasteiger partial charge in [-0.15, -0.1) is 11.8 Å². The monoisotopic (exact) mass is 309 g/mol. The number of carbonyl (C=O) groups excluding carboxylic acids is 1. The molecule has 0 aliphatic carbocycles. The molecule has 2 heterocycles. The fraction of sp³-hybridized carbons (Fsp3) is 0.533. The molecule has 0 radical (unpaired) electrons. The Morgan fingerprint density at radius 1 is 1.33 bits per heavy atom. The number of benzene rings is 1. The van der Waals surface area contributed by atoms with E-state index in [0.29, 0.717) is 25.6 Å². The Kier molecular flexibility index (Phi) is 4.55. The van der Waals surface area contributed by atoms with Gasteiger partial charge in [0.1, 0.15) is 18.6 Å². The van der Waals surface area contributed by atoms with Crippen molar-refractivity contribution >= 4 is 17.7 Å². The first kappa shape index (κ1) is 14.5. The lowest BCUT2D eigenvalue weighted by Crippen LogP contribution is -2.30. The second kappa shape index (κ2) is 6.58. The van der Waals surface area contributed by atoms with Crippen LogP contribution in [0.15, 0.2) is 18.2 Å². The van der Waals surface area contributed by atoms with Crippen LogP contribution in [-0.2, 0) is 9.53 Å². The van der Waals surface area contributed by atoms with Crippen molar-refractivity contribution in [1.29, 1.82) is 0 Å². The lowest BCUT2D eigenvalue weighted by Gasteiger charge is -2.26. The van der Waals surface area contributed by atoms with Crippen molar-refractivity contribution in [1.82, 2.24) is 4.90 Å². The van der Waals surface area contributed by atoms with Gasteiger partial charge in [0.2, 0.25) is 5.91 Å². The summed E-state index contributed by atoms with van der Waals surface area (Å²) in [5.41, 5.74) is 1.09. The maximum Gasteiger partial charge on any atom is 0.233 e. The van der Waals surface area contributed by atoms with Gasteiger partial charge in [-0.25, -0.2) is 0 Å². The summed E-state index contributed by atoms with van der Waals surface area (Å²) in [6.07, 6.45) is 0.851. The molecule has 3 rings (SSSR count). The Morgan fingerprint density at radius 2 is 2.14 bits per heavy atom. The van der Waals surface area contributed by atoms with Gasteiger partial charge in [0.25, 0.3) is 0 Å². The minimum absolute atomic E-state index is 0.0604. The maximum absolute atomic E-state index is 12.0. The van der Waals surface area contributed by atoms with E-state index in [4.69, 9.17) is 14.2 Å². The number of amides is 1. The first-order valence-corrected chi connectivity index (χ1v) is 8.14. The SMILES string of the molecule is COCCCN1C(=O)CSC1c1ccc2c(c1)OCCO2. The highest BCUT2D eigenvalue weighted by atomic mass is 32.2. The van der Waals surface area contributed by atoms with E-state index in [1.807, 2.05) is 23.1 Å². The van der Waals surface area contributed by atoms with Crippen molar-refractivity contribution in [3.63, 3.8) is 0 Å². The van der Waals surface area contributed by atoms with Gasteiger partial charge in [-0.2, -0.15) is 0 Å². The highest BCUT2D eigenvalue weighted by Crippen LogP contribution is 2.42. The molecule has 6 heteroatoms. The first-order chi connectivity index (χ1) is 10.3. The van der Waals surface area contributed by atoms with Gasteiger partial charge in [0, 0.05) is 20.3 Å². The highest BCUT2D eigenvalue weighted by molar-refractivity contribution is 8.00. The molecule has 1 aromatic carbocycles. The fourth-order valence-corrected chi connectivity index (χ4v) is 3.77. The van der Waals surface area contributed by atoms with Gasteiger partial charge in [0.05, 0.1) is 5.75 Å². The summed E-state index contributed by atoms with van der Waals surface area (Å²) in [6.45, 7) is 2.55. The molecule has 5 nitrogen and oxygen atoms in total. The van der Waals surface area contributed by atoms with Crippen LogP contribution in [0.25, 0.3) is 0 Å². The summed E-state index contributed by atoms with van der Waals surface area (Å²) >= 11 is 1.66. The lowest BCUT2D eigenvalue weighted by molar-refractivity contribution is -0.128. The van der Waals surface area contributed by atoms with Crippen molar-refractivity contribution in [2.24, 2.45) is 0 Å². The number of hydrogen-bond acceptors (Lipinski definition) is 5. The molecular formula is C15H19NO4S. The Bertz CT molecular complexity index is 522. The molecule has 21 heavy (non-hydrogen) atoms. The maximum atomic E-state index is 12.0. The van der Waals surface area contributed by atoms with Crippen LogP contribution in [0, 0.1) is 0 Å². The Hall–Kier alpha value is -1.40. The number of hydrogen-bond donors (Lipinski definition) is 0. The molecule has 0 saturated carbocycles. The molecule has 2 aliphatic heterocycles. The van der Waals surface area contributed by atoms with Crippen molar-refractivity contribution in [2.75, 3.05) is 39.2 Å². The van der Waals surface area contributed by atoms with Crippen molar-refractivity contribution in [3.05, 3.63) is 23.8 Å². The highest BCUT2D eigenvalue weighted by Gasteiger charge is 2.33. The number of ether oxygens (including phenoxy) is 3. The predicted octanol–water partition coefficient (Wildman–Crippen LogP) is 2.07. The molecule has 1 saturated heterocycles. The molecule has 0 spiro atoms. The zero-order valence-electron chi connectivity index (χ0n) is 12.0. The average molecular weight is 309 g/mol. The Labute approximate surface area is 128 Å². The van der Waals surface area contributed by atoms with E-state index in [0.717, 1.165) is 30.0 Å². The van der Waals surface area contributed by atoms with Gasteiger partial charge >= 0.3 is 0 Å². The van der Waals surface area contributed by atoms with Crippen LogP contribution in [0.4, 0.5) is 0 Å². The zero-order valence-corrected chi connectivity index (χ0v) is 12.9. The third kappa shape index (κ3) is 3.11. The van der Waals surface area contributed by atoms with Crippen molar-refractivity contribution in [3.8, 4) is 11.5 Å². The van der Waals surface area contributed by atoms with Gasteiger partial charge in [0.15, 0.2) is 11.5 Å². The quantitative estimate of drug-likeness (QED) is 0.779. The summed E-state index contributed by atoms with van der Waals surface area (Å²) in [4.78, 5) is 14.0. The van der Waals surface area contributed by atoms with Crippen LogP contribution in [0.5, 0.6) is 11.5 Å². The van der Waals surface area contributed by atoms with E-state index >= 15 is 0 Å². The number of methoxy groups -OCH3 is 1. The van der Waals surface area contributed by atoms with E-state index in [9.17, 15) is 4.79 Å². The van der Waals surface area contributed by atoms with E-state index in [1.165, 1.54) is 0 Å². The summed E-state index contributed by atoms with van der Waals surface area (Å²) < 4.78 is 16.2. The third-order valence-electron chi connectivity index (χ3n) is 3.57. The summed E-state index contributed by atoms with van der Waals surface area (Å²) in [6, 6.07) is 5.95. The molecule has 114 valence electrons. The molecule has 1 atom stereocenters. The van der Waals surface area contributed by atoms with Crippen molar-refractivity contribution < 1.29 is 19.0 Å². The first-order valence-electron chi connectivity index (χ1n) is 7.09. The second-order valence-electron chi connectivity index (χ2n) is 5.00. The van der Waals surface area contributed by atoms with Gasteiger partial charge in [-0.3, -0.25) is 4.79 Å². The fourth-order valence-electron chi connectivity index (χ4n) is 2.56. The second-order valence-corrected chi connectivity index (χ2v) is 6.07. The van der Waals surface area contributed by atoms with Gasteiger partial charge in [-0.1, -0.05) is 6.07 Å². The smallest absolute Gasteiger partial charge is 0.233 e. The van der Waals surface area contributed by atoms with E-state index in [2.05, 4.69) is 0 Å². The molecular weight excluding hydrogens is 290 g/mol. The molecule has 1 unspecified atom stereocenters. The van der Waals surface area contributed by atoms with E-state index < -0.39 is 0 Å². The number of carbonyl (C=O) groups is 1. The summed E-state index contributed by atoms with van der Waals surface area (Å²) in [5.74, 6) is 2.28. The van der Waals surface area contributed by atoms with E-state index in [1.54, 1.807) is 18.9 Å². The van der Waals surface area contributed by atoms with Crippen LogP contribution in [0.3, 0.4) is 0 Å². The van der Waals surface area contributed by atoms with Crippen LogP contribution in [-0.4, -0.2) is 50.0 Å². The zero-order chi connectivity index (χ0) is 14.7. The van der Waals surface area contributed by atoms with E-state index in [-0.39, 0.29) is 11.3 Å². The van der Waals surface area contributed by atoms with Crippen LogP contribution >= 0.6 is 11.8 Å². The van der Waals surface area contributed by atoms with Crippen LogP contribution in [0.2, 0.25) is 0 Å². The number of rotatable bonds is 5. The average Bonchev–Trinajstić information content (AvgIpc) is 2.88. The molecule has 0 N–H and O–H groups in total. The minimum Gasteiger partial charge on any atom is -0.486 e. The molecule has 1 amide bonds. The number of fused-ring (bicyclic) bond motifs is 1. The minimum atomic E-state index is 0.0604. The van der Waals surface area contributed by atoms with Crippen LogP contribution in [0.1, 0.15) is 17.4 Å². The largest absolute Gasteiger partial charge is 0.486 e. The third-order valence-corrected chi connectivity index (χ3v) is 4.82. The summed E-state index contributed by atoms with van der Waals surface area (Å²) in [7, 11) is 1.68.